The fraction of sp³-hybridized carbons (Fsp3) is 0.286. The summed E-state index contributed by atoms with van der Waals surface area (Å²) in [5.74, 6) is -0.956. The maximum atomic E-state index is 13.5. The molecule has 0 bridgehead atoms. The van der Waals surface area contributed by atoms with E-state index in [2.05, 4.69) is 4.72 Å². The van der Waals surface area contributed by atoms with Gasteiger partial charge in [-0.05, 0) is 18.2 Å². The predicted molar refractivity (Wildman–Crippen MR) is 86.1 cm³/mol. The van der Waals surface area contributed by atoms with Crippen molar-refractivity contribution < 1.29 is 17.5 Å². The molecule has 1 unspecified atom stereocenters. The number of hydrogen-bond acceptors (Lipinski definition) is 4. The van der Waals surface area contributed by atoms with Crippen LogP contribution in [-0.4, -0.2) is 22.1 Å². The lowest BCUT2D eigenvalue weighted by atomic mass is 10.2. The second-order valence-corrected chi connectivity index (χ2v) is 8.12. The van der Waals surface area contributed by atoms with E-state index in [0.29, 0.717) is 4.34 Å². The largest absolute Gasteiger partial charge is 0.375 e. The summed E-state index contributed by atoms with van der Waals surface area (Å²) in [4.78, 5) is 0.820. The molecule has 120 valence electrons. The monoisotopic (exact) mass is 363 g/mol. The van der Waals surface area contributed by atoms with Gasteiger partial charge in [0.1, 0.15) is 11.9 Å². The van der Waals surface area contributed by atoms with Crippen molar-refractivity contribution in [2.75, 3.05) is 13.7 Å². The van der Waals surface area contributed by atoms with E-state index in [0.717, 1.165) is 4.88 Å². The van der Waals surface area contributed by atoms with Gasteiger partial charge in [0.2, 0.25) is 10.0 Å². The Balaban J connectivity index is 2.01. The number of methoxy groups -OCH3 is 1. The maximum Gasteiger partial charge on any atom is 0.215 e. The number of nitrogens with one attached hydrogen (secondary N) is 1. The molecular weight excluding hydrogens is 349 g/mol. The normalized spacial score (nSPS) is 13.2. The van der Waals surface area contributed by atoms with Crippen molar-refractivity contribution in [3.8, 4) is 0 Å². The fourth-order valence-corrected chi connectivity index (χ4v) is 4.16. The zero-order valence-electron chi connectivity index (χ0n) is 11.8. The van der Waals surface area contributed by atoms with Crippen LogP contribution >= 0.6 is 22.9 Å². The lowest BCUT2D eigenvalue weighted by Gasteiger charge is -2.15. The number of halogens is 2. The number of benzene rings is 1. The zero-order valence-corrected chi connectivity index (χ0v) is 14.1. The Hall–Kier alpha value is -0.990. The quantitative estimate of drug-likeness (QED) is 0.820. The predicted octanol–water partition coefficient (Wildman–Crippen LogP) is 3.35. The minimum atomic E-state index is -3.66. The van der Waals surface area contributed by atoms with Crippen LogP contribution in [0.5, 0.6) is 0 Å². The third-order valence-corrected chi connectivity index (χ3v) is 5.61. The van der Waals surface area contributed by atoms with Gasteiger partial charge in [-0.1, -0.05) is 29.8 Å². The molecule has 0 saturated carbocycles. The molecule has 2 rings (SSSR count). The van der Waals surface area contributed by atoms with E-state index in [4.69, 9.17) is 16.3 Å². The lowest BCUT2D eigenvalue weighted by Crippen LogP contribution is -2.30. The number of ether oxygens (including phenoxy) is 1. The molecule has 0 aliphatic carbocycles. The molecule has 0 aliphatic heterocycles. The van der Waals surface area contributed by atoms with E-state index in [1.165, 1.54) is 36.6 Å². The van der Waals surface area contributed by atoms with Gasteiger partial charge < -0.3 is 4.74 Å². The number of sulfonamides is 1. The third-order valence-electron chi connectivity index (χ3n) is 2.99. The molecule has 0 spiro atoms. The molecule has 1 N–H and O–H groups in total. The highest BCUT2D eigenvalue weighted by molar-refractivity contribution is 7.88. The molecule has 0 aliphatic rings. The van der Waals surface area contributed by atoms with Crippen molar-refractivity contribution in [3.05, 3.63) is 57.0 Å². The van der Waals surface area contributed by atoms with Gasteiger partial charge in [0, 0.05) is 24.1 Å². The third kappa shape index (κ3) is 4.76. The minimum Gasteiger partial charge on any atom is -0.375 e. The van der Waals surface area contributed by atoms with Crippen LogP contribution in [0, 0.1) is 5.82 Å². The van der Waals surface area contributed by atoms with E-state index in [1.54, 1.807) is 18.2 Å². The molecular formula is C14H15ClFNO3S2. The van der Waals surface area contributed by atoms with Crippen molar-refractivity contribution >= 4 is 33.0 Å². The first kappa shape index (κ1) is 17.4. The molecule has 22 heavy (non-hydrogen) atoms. The van der Waals surface area contributed by atoms with E-state index < -0.39 is 27.7 Å². The average molecular weight is 364 g/mol. The summed E-state index contributed by atoms with van der Waals surface area (Å²) < 4.78 is 45.9. The van der Waals surface area contributed by atoms with Crippen LogP contribution in [0.2, 0.25) is 4.34 Å². The van der Waals surface area contributed by atoms with E-state index in [1.807, 2.05) is 0 Å². The molecule has 1 aromatic heterocycles. The molecule has 0 radical (unpaired) electrons. The summed E-state index contributed by atoms with van der Waals surface area (Å²) >= 11 is 7.18. The molecule has 0 amide bonds. The average Bonchev–Trinajstić information content (AvgIpc) is 2.88. The summed E-state index contributed by atoms with van der Waals surface area (Å²) in [6, 6.07) is 9.30. The first-order chi connectivity index (χ1) is 10.4. The number of thiophene rings is 1. The SMILES string of the molecule is COC(CNS(=O)(=O)Cc1ccccc1F)c1ccc(Cl)s1. The molecule has 1 atom stereocenters. The van der Waals surface area contributed by atoms with E-state index in [9.17, 15) is 12.8 Å². The first-order valence-corrected chi connectivity index (χ1v) is 9.25. The van der Waals surface area contributed by atoms with Crippen LogP contribution < -0.4 is 4.72 Å². The van der Waals surface area contributed by atoms with Crippen molar-refractivity contribution in [1.29, 1.82) is 0 Å². The van der Waals surface area contributed by atoms with Gasteiger partial charge in [-0.25, -0.2) is 17.5 Å². The van der Waals surface area contributed by atoms with Gasteiger partial charge in [-0.15, -0.1) is 11.3 Å². The topological polar surface area (TPSA) is 55.4 Å². The second kappa shape index (κ2) is 7.52. The summed E-state index contributed by atoms with van der Waals surface area (Å²) in [7, 11) is -2.17. The Kier molecular flexibility index (Phi) is 5.94. The van der Waals surface area contributed by atoms with E-state index in [-0.39, 0.29) is 12.1 Å². The molecule has 4 nitrogen and oxygen atoms in total. The highest BCUT2D eigenvalue weighted by Gasteiger charge is 2.19. The van der Waals surface area contributed by atoms with Crippen LogP contribution in [0.1, 0.15) is 16.5 Å². The van der Waals surface area contributed by atoms with Crippen LogP contribution in [-0.2, 0) is 20.5 Å². The van der Waals surface area contributed by atoms with Crippen LogP contribution in [0.4, 0.5) is 4.39 Å². The van der Waals surface area contributed by atoms with Gasteiger partial charge in [0.15, 0.2) is 0 Å². The van der Waals surface area contributed by atoms with Gasteiger partial charge in [-0.3, -0.25) is 0 Å². The number of rotatable bonds is 7. The van der Waals surface area contributed by atoms with Gasteiger partial charge >= 0.3 is 0 Å². The number of hydrogen-bond donors (Lipinski definition) is 1. The lowest BCUT2D eigenvalue weighted by molar-refractivity contribution is 0.110. The van der Waals surface area contributed by atoms with E-state index >= 15 is 0 Å². The maximum absolute atomic E-state index is 13.5. The fourth-order valence-electron chi connectivity index (χ4n) is 1.88. The summed E-state index contributed by atoms with van der Waals surface area (Å²) in [5.41, 5.74) is 0.128. The highest BCUT2D eigenvalue weighted by Crippen LogP contribution is 2.28. The Morgan fingerprint density at radius 2 is 2.05 bits per heavy atom. The molecule has 0 saturated heterocycles. The van der Waals surface area contributed by atoms with Crippen molar-refractivity contribution in [2.45, 2.75) is 11.9 Å². The Morgan fingerprint density at radius 1 is 1.32 bits per heavy atom. The Bertz CT molecular complexity index is 733. The highest BCUT2D eigenvalue weighted by atomic mass is 35.5. The first-order valence-electron chi connectivity index (χ1n) is 6.40. The molecule has 0 fully saturated rings. The summed E-state index contributed by atoms with van der Waals surface area (Å²) in [6.45, 7) is 0.0597. The van der Waals surface area contributed by atoms with Gasteiger partial charge in [0.25, 0.3) is 0 Å². The standard InChI is InChI=1S/C14H15ClFNO3S2/c1-20-12(13-6-7-14(15)21-13)8-17-22(18,19)9-10-4-2-3-5-11(10)16/h2-7,12,17H,8-9H2,1H3. The summed E-state index contributed by atoms with van der Waals surface area (Å²) in [5, 5.41) is 0. The van der Waals surface area contributed by atoms with Crippen LogP contribution in [0.25, 0.3) is 0 Å². The summed E-state index contributed by atoms with van der Waals surface area (Å²) in [6.07, 6.45) is -0.437. The molecule has 1 heterocycles. The van der Waals surface area contributed by atoms with Crippen molar-refractivity contribution in [1.82, 2.24) is 4.72 Å². The smallest absolute Gasteiger partial charge is 0.215 e. The minimum absolute atomic E-state index is 0.0597. The van der Waals surface area contributed by atoms with Crippen LogP contribution in [0.15, 0.2) is 36.4 Å². The van der Waals surface area contributed by atoms with Crippen LogP contribution in [0.3, 0.4) is 0 Å². The molecule has 2 aromatic rings. The molecule has 8 heteroatoms. The second-order valence-electron chi connectivity index (χ2n) is 4.57. The van der Waals surface area contributed by atoms with Gasteiger partial charge in [-0.2, -0.15) is 0 Å². The molecule has 1 aromatic carbocycles. The van der Waals surface area contributed by atoms with Gasteiger partial charge in [0.05, 0.1) is 10.1 Å². The van der Waals surface area contributed by atoms with Crippen molar-refractivity contribution in [3.63, 3.8) is 0 Å². The van der Waals surface area contributed by atoms with Crippen molar-refractivity contribution in [2.24, 2.45) is 0 Å². The Morgan fingerprint density at radius 3 is 2.64 bits per heavy atom. The zero-order chi connectivity index (χ0) is 16.2. The Labute approximate surface area is 137 Å².